The summed E-state index contributed by atoms with van der Waals surface area (Å²) in [5.74, 6) is -0.108. The third-order valence-electron chi connectivity index (χ3n) is 4.69. The van der Waals surface area contributed by atoms with Crippen LogP contribution in [0.1, 0.15) is 50.8 Å². The maximum atomic E-state index is 12.5. The van der Waals surface area contributed by atoms with Crippen LogP contribution in [0.15, 0.2) is 48.5 Å². The molecule has 0 spiro atoms. The maximum Gasteiger partial charge on any atom is 0.226 e. The lowest BCUT2D eigenvalue weighted by molar-refractivity contribution is -0.129. The minimum Gasteiger partial charge on any atom is -0.338 e. The summed E-state index contributed by atoms with van der Waals surface area (Å²) in [7, 11) is 0. The number of nitrogens with zero attached hydrogens (tertiary/aromatic N) is 1. The van der Waals surface area contributed by atoms with Gasteiger partial charge >= 0.3 is 0 Å². The average molecular weight is 367 g/mol. The Hall–Kier alpha value is -2.62. The maximum absolute atomic E-state index is 12.5. The molecular formula is C23H30N2O2. The van der Waals surface area contributed by atoms with E-state index in [1.807, 2.05) is 55.5 Å². The van der Waals surface area contributed by atoms with Gasteiger partial charge in [0, 0.05) is 32.1 Å². The van der Waals surface area contributed by atoms with Crippen molar-refractivity contribution >= 4 is 17.5 Å². The van der Waals surface area contributed by atoms with E-state index in [0.717, 1.165) is 22.4 Å². The van der Waals surface area contributed by atoms with E-state index in [4.69, 9.17) is 0 Å². The Bertz CT molecular complexity index is 806. The summed E-state index contributed by atoms with van der Waals surface area (Å²) in [6, 6.07) is 15.9. The monoisotopic (exact) mass is 366 g/mol. The second-order valence-corrected chi connectivity index (χ2v) is 7.96. The molecule has 144 valence electrons. The smallest absolute Gasteiger partial charge is 0.226 e. The Morgan fingerprint density at radius 3 is 2.26 bits per heavy atom. The molecule has 2 aromatic carbocycles. The molecule has 2 rings (SSSR count). The van der Waals surface area contributed by atoms with Crippen LogP contribution in [-0.4, -0.2) is 23.3 Å². The number of benzene rings is 2. The van der Waals surface area contributed by atoms with Gasteiger partial charge in [-0.25, -0.2) is 0 Å². The molecule has 0 aliphatic rings. The number of nitrogens with one attached hydrogen (secondary N) is 1. The Morgan fingerprint density at radius 1 is 1.00 bits per heavy atom. The van der Waals surface area contributed by atoms with Gasteiger partial charge in [0.25, 0.3) is 0 Å². The lowest BCUT2D eigenvalue weighted by atomic mass is 9.86. The molecule has 0 aliphatic carbocycles. The minimum atomic E-state index is -0.0808. The number of carbonyl (C=O) groups is 2. The molecule has 0 atom stereocenters. The fourth-order valence-corrected chi connectivity index (χ4v) is 3.04. The van der Waals surface area contributed by atoms with Crippen molar-refractivity contribution < 1.29 is 9.59 Å². The van der Waals surface area contributed by atoms with E-state index < -0.39 is 0 Å². The number of amides is 2. The van der Waals surface area contributed by atoms with Crippen molar-refractivity contribution in [1.29, 1.82) is 0 Å². The highest BCUT2D eigenvalue weighted by Gasteiger charge is 2.19. The summed E-state index contributed by atoms with van der Waals surface area (Å²) in [4.78, 5) is 26.2. The van der Waals surface area contributed by atoms with Gasteiger partial charge in [-0.1, -0.05) is 63.2 Å². The van der Waals surface area contributed by atoms with Crippen LogP contribution in [0.25, 0.3) is 0 Å². The van der Waals surface area contributed by atoms with E-state index >= 15 is 0 Å². The van der Waals surface area contributed by atoms with Crippen molar-refractivity contribution in [2.45, 2.75) is 53.0 Å². The van der Waals surface area contributed by atoms with Gasteiger partial charge in [-0.15, -0.1) is 0 Å². The number of para-hydroxylation sites is 1. The first-order chi connectivity index (χ1) is 12.7. The zero-order valence-electron chi connectivity index (χ0n) is 17.0. The number of rotatable bonds is 6. The highest BCUT2D eigenvalue weighted by Crippen LogP contribution is 2.29. The molecule has 0 heterocycles. The molecule has 27 heavy (non-hydrogen) atoms. The molecule has 2 aromatic rings. The topological polar surface area (TPSA) is 49.4 Å². The van der Waals surface area contributed by atoms with Crippen LogP contribution in [0.3, 0.4) is 0 Å². The quantitative estimate of drug-likeness (QED) is 0.808. The zero-order valence-corrected chi connectivity index (χ0v) is 17.0. The highest BCUT2D eigenvalue weighted by molar-refractivity contribution is 5.92. The second kappa shape index (κ2) is 8.85. The van der Waals surface area contributed by atoms with Crippen LogP contribution in [0.5, 0.6) is 0 Å². The molecule has 4 heteroatoms. The van der Waals surface area contributed by atoms with E-state index in [9.17, 15) is 9.59 Å². The largest absolute Gasteiger partial charge is 0.338 e. The summed E-state index contributed by atoms with van der Waals surface area (Å²) in [5.41, 5.74) is 4.13. The Labute approximate surface area is 162 Å². The van der Waals surface area contributed by atoms with Crippen LogP contribution in [0.2, 0.25) is 0 Å². The Morgan fingerprint density at radius 2 is 1.63 bits per heavy atom. The lowest BCUT2D eigenvalue weighted by Gasteiger charge is -2.24. The van der Waals surface area contributed by atoms with Crippen molar-refractivity contribution in [2.24, 2.45) is 0 Å². The van der Waals surface area contributed by atoms with Crippen molar-refractivity contribution in [2.75, 3.05) is 11.9 Å². The van der Waals surface area contributed by atoms with Crippen molar-refractivity contribution in [3.8, 4) is 0 Å². The predicted octanol–water partition coefficient (Wildman–Crippen LogP) is 4.67. The van der Waals surface area contributed by atoms with E-state index in [0.29, 0.717) is 13.1 Å². The van der Waals surface area contributed by atoms with Crippen LogP contribution < -0.4 is 5.32 Å². The number of carbonyl (C=O) groups excluding carboxylic acids is 2. The molecule has 0 saturated heterocycles. The molecule has 0 unspecified atom stereocenters. The molecule has 0 bridgehead atoms. The first kappa shape index (κ1) is 20.7. The van der Waals surface area contributed by atoms with Crippen molar-refractivity contribution in [3.05, 3.63) is 65.2 Å². The van der Waals surface area contributed by atoms with Crippen LogP contribution in [-0.2, 0) is 21.5 Å². The van der Waals surface area contributed by atoms with Gasteiger partial charge < -0.3 is 10.2 Å². The first-order valence-electron chi connectivity index (χ1n) is 9.38. The van der Waals surface area contributed by atoms with Gasteiger partial charge in [-0.3, -0.25) is 9.59 Å². The Balaban J connectivity index is 2.01. The summed E-state index contributed by atoms with van der Waals surface area (Å²) >= 11 is 0. The van der Waals surface area contributed by atoms with Crippen LogP contribution in [0.4, 0.5) is 5.69 Å². The van der Waals surface area contributed by atoms with Gasteiger partial charge in [0.1, 0.15) is 0 Å². The Kier molecular flexibility index (Phi) is 6.78. The zero-order chi connectivity index (χ0) is 20.0. The molecule has 0 radical (unpaired) electrons. The molecule has 2 amide bonds. The van der Waals surface area contributed by atoms with E-state index in [1.165, 1.54) is 0 Å². The molecule has 0 saturated carbocycles. The summed E-state index contributed by atoms with van der Waals surface area (Å²) in [5, 5.41) is 3.01. The summed E-state index contributed by atoms with van der Waals surface area (Å²) in [6.45, 7) is 10.9. The number of hydrogen-bond acceptors (Lipinski definition) is 2. The predicted molar refractivity (Wildman–Crippen MR) is 111 cm³/mol. The van der Waals surface area contributed by atoms with Gasteiger partial charge in [0.15, 0.2) is 0 Å². The molecular weight excluding hydrogens is 336 g/mol. The van der Waals surface area contributed by atoms with Crippen molar-refractivity contribution in [3.63, 3.8) is 0 Å². The second-order valence-electron chi connectivity index (χ2n) is 7.96. The summed E-state index contributed by atoms with van der Waals surface area (Å²) < 4.78 is 0. The normalized spacial score (nSPS) is 11.1. The number of hydrogen-bond donors (Lipinski definition) is 1. The fraction of sp³-hybridized carbons (Fsp3) is 0.391. The molecule has 0 fully saturated rings. The van der Waals surface area contributed by atoms with Gasteiger partial charge in [-0.2, -0.15) is 0 Å². The SMILES string of the molecule is CC(=O)N(CCC(=O)Nc1ccccc1C(C)(C)C)Cc1ccccc1C. The molecule has 4 nitrogen and oxygen atoms in total. The van der Waals surface area contributed by atoms with E-state index in [2.05, 4.69) is 26.1 Å². The van der Waals surface area contributed by atoms with Crippen LogP contribution in [0, 0.1) is 6.92 Å². The fourth-order valence-electron chi connectivity index (χ4n) is 3.04. The first-order valence-corrected chi connectivity index (χ1v) is 9.38. The van der Waals surface area contributed by atoms with Crippen molar-refractivity contribution in [1.82, 2.24) is 4.90 Å². The highest BCUT2D eigenvalue weighted by atomic mass is 16.2. The third-order valence-corrected chi connectivity index (χ3v) is 4.69. The minimum absolute atomic E-state index is 0.0267. The van der Waals surface area contributed by atoms with Gasteiger partial charge in [0.05, 0.1) is 0 Å². The van der Waals surface area contributed by atoms with E-state index in [1.54, 1.807) is 11.8 Å². The standard InChI is InChI=1S/C23H30N2O2/c1-17-10-6-7-11-19(17)16-25(18(2)26)15-14-22(27)24-21-13-9-8-12-20(21)23(3,4)5/h6-13H,14-16H2,1-5H3,(H,24,27). The summed E-state index contributed by atoms with van der Waals surface area (Å²) in [6.07, 6.45) is 0.268. The van der Waals surface area contributed by atoms with Gasteiger partial charge in [-0.05, 0) is 35.1 Å². The van der Waals surface area contributed by atoms with E-state index in [-0.39, 0.29) is 23.7 Å². The average Bonchev–Trinajstić information content (AvgIpc) is 2.59. The third kappa shape index (κ3) is 5.95. The van der Waals surface area contributed by atoms with Gasteiger partial charge in [0.2, 0.25) is 11.8 Å². The molecule has 1 N–H and O–H groups in total. The number of aryl methyl sites for hydroxylation is 1. The number of anilines is 1. The molecule has 0 aromatic heterocycles. The molecule has 0 aliphatic heterocycles. The lowest BCUT2D eigenvalue weighted by Crippen LogP contribution is -2.32. The van der Waals surface area contributed by atoms with Crippen LogP contribution >= 0.6 is 0 Å².